The molecule has 0 fully saturated rings. The van der Waals surface area contributed by atoms with Crippen molar-refractivity contribution in [1.29, 1.82) is 0 Å². The fraction of sp³-hybridized carbons (Fsp3) is 0.278. The molecule has 1 N–H and O–H groups in total. The summed E-state index contributed by atoms with van der Waals surface area (Å²) in [6.45, 7) is 5.89. The number of nitrogens with one attached hydrogen (secondary N) is 1. The first-order valence-corrected chi connectivity index (χ1v) is 7.42. The molecule has 3 nitrogen and oxygen atoms in total. The Hall–Kier alpha value is -2.50. The number of rotatable bonds is 5. The van der Waals surface area contributed by atoms with Crippen LogP contribution in [0.5, 0.6) is 11.5 Å². The van der Waals surface area contributed by atoms with Crippen LogP contribution in [0.1, 0.15) is 36.5 Å². The number of hydrogen-bond donors (Lipinski definition) is 1. The van der Waals surface area contributed by atoms with Gasteiger partial charge < -0.3 is 10.1 Å². The van der Waals surface area contributed by atoms with E-state index < -0.39 is 11.7 Å². The Labute approximate surface area is 138 Å². The highest BCUT2D eigenvalue weighted by molar-refractivity contribution is 5.76. The summed E-state index contributed by atoms with van der Waals surface area (Å²) in [5, 5.41) is 2.27. The quantitative estimate of drug-likeness (QED) is 0.732. The highest BCUT2D eigenvalue weighted by Crippen LogP contribution is 2.38. The van der Waals surface area contributed by atoms with Crippen LogP contribution in [0.3, 0.4) is 0 Å². The smallest absolute Gasteiger partial charge is 0.416 e. The normalized spacial score (nSPS) is 11.5. The van der Waals surface area contributed by atoms with Gasteiger partial charge in [-0.15, -0.1) is 0 Å². The van der Waals surface area contributed by atoms with Crippen LogP contribution in [-0.4, -0.2) is 6.41 Å². The summed E-state index contributed by atoms with van der Waals surface area (Å²) in [5.41, 5.74) is 1.01. The second-order valence-corrected chi connectivity index (χ2v) is 5.77. The lowest BCUT2D eigenvalue weighted by Gasteiger charge is -2.17. The zero-order chi connectivity index (χ0) is 17.9. The Morgan fingerprint density at radius 1 is 1.08 bits per heavy atom. The molecular formula is C18H18F3NO2. The van der Waals surface area contributed by atoms with Gasteiger partial charge in [0.1, 0.15) is 5.75 Å². The van der Waals surface area contributed by atoms with Gasteiger partial charge in [0.25, 0.3) is 0 Å². The molecule has 0 unspecified atom stereocenters. The predicted molar refractivity (Wildman–Crippen MR) is 86.5 cm³/mol. The van der Waals surface area contributed by atoms with Gasteiger partial charge in [0, 0.05) is 0 Å². The maximum absolute atomic E-state index is 12.8. The molecule has 0 atom stereocenters. The minimum Gasteiger partial charge on any atom is -0.455 e. The molecule has 0 aliphatic rings. The third-order valence-electron chi connectivity index (χ3n) is 3.53. The topological polar surface area (TPSA) is 38.3 Å². The van der Waals surface area contributed by atoms with Gasteiger partial charge in [-0.25, -0.2) is 0 Å². The average molecular weight is 337 g/mol. The molecule has 0 spiro atoms. The van der Waals surface area contributed by atoms with Crippen LogP contribution in [0.25, 0.3) is 0 Å². The van der Waals surface area contributed by atoms with Crippen molar-refractivity contribution < 1.29 is 22.7 Å². The summed E-state index contributed by atoms with van der Waals surface area (Å²) in [6.07, 6.45) is -4.17. The van der Waals surface area contributed by atoms with Gasteiger partial charge in [-0.3, -0.25) is 4.79 Å². The van der Waals surface area contributed by atoms with Crippen molar-refractivity contribution in [2.45, 2.75) is 32.9 Å². The van der Waals surface area contributed by atoms with Crippen molar-refractivity contribution in [3.05, 3.63) is 53.1 Å². The summed E-state index contributed by atoms with van der Waals surface area (Å²) < 4.78 is 44.3. The monoisotopic (exact) mass is 337 g/mol. The fourth-order valence-electron chi connectivity index (χ4n) is 2.30. The first kappa shape index (κ1) is 17.8. The minimum atomic E-state index is -4.50. The van der Waals surface area contributed by atoms with Crippen molar-refractivity contribution in [1.82, 2.24) is 0 Å². The van der Waals surface area contributed by atoms with Crippen LogP contribution in [0.4, 0.5) is 18.9 Å². The van der Waals surface area contributed by atoms with Crippen molar-refractivity contribution in [3.63, 3.8) is 0 Å². The maximum Gasteiger partial charge on any atom is 0.416 e. The second kappa shape index (κ2) is 6.95. The van der Waals surface area contributed by atoms with Gasteiger partial charge in [-0.1, -0.05) is 26.0 Å². The molecule has 0 aliphatic carbocycles. The molecule has 2 rings (SSSR count). The molecule has 0 bridgehead atoms. The maximum atomic E-state index is 12.8. The van der Waals surface area contributed by atoms with Crippen molar-refractivity contribution >= 4 is 12.1 Å². The number of halogens is 3. The highest BCUT2D eigenvalue weighted by atomic mass is 19.4. The standard InChI is InChI=1S/C18H18F3NO2/c1-11(2)14-6-4-12(3)8-17(14)24-16-7-5-13(18(19,20)21)9-15(16)22-10-23/h4-11H,1-3H3,(H,22,23). The first-order valence-electron chi connectivity index (χ1n) is 7.42. The molecule has 2 aromatic rings. The van der Waals surface area contributed by atoms with Gasteiger partial charge in [-0.2, -0.15) is 13.2 Å². The van der Waals surface area contributed by atoms with E-state index in [0.717, 1.165) is 23.3 Å². The van der Waals surface area contributed by atoms with Gasteiger partial charge >= 0.3 is 6.18 Å². The minimum absolute atomic E-state index is 0.0314. The Balaban J connectivity index is 2.46. The lowest BCUT2D eigenvalue weighted by molar-refractivity contribution is -0.137. The van der Waals surface area contributed by atoms with E-state index in [1.165, 1.54) is 6.07 Å². The van der Waals surface area contributed by atoms with E-state index in [2.05, 4.69) is 5.32 Å². The summed E-state index contributed by atoms with van der Waals surface area (Å²) in [7, 11) is 0. The van der Waals surface area contributed by atoms with E-state index in [1.807, 2.05) is 39.0 Å². The van der Waals surface area contributed by atoms with E-state index in [9.17, 15) is 18.0 Å². The zero-order valence-electron chi connectivity index (χ0n) is 13.6. The lowest BCUT2D eigenvalue weighted by atomic mass is 10.0. The Morgan fingerprint density at radius 2 is 1.79 bits per heavy atom. The van der Waals surface area contributed by atoms with Gasteiger partial charge in [-0.05, 0) is 48.2 Å². The van der Waals surface area contributed by atoms with Gasteiger partial charge in [0.15, 0.2) is 5.75 Å². The summed E-state index contributed by atoms with van der Waals surface area (Å²) in [6, 6.07) is 8.68. The number of hydrogen-bond acceptors (Lipinski definition) is 2. The van der Waals surface area contributed by atoms with Crippen LogP contribution < -0.4 is 10.1 Å². The molecule has 128 valence electrons. The number of aryl methyl sites for hydroxylation is 1. The molecule has 24 heavy (non-hydrogen) atoms. The Kier molecular flexibility index (Phi) is 5.17. The molecular weight excluding hydrogens is 319 g/mol. The van der Waals surface area contributed by atoms with Gasteiger partial charge in [0.2, 0.25) is 6.41 Å². The molecule has 0 heterocycles. The molecule has 0 radical (unpaired) electrons. The SMILES string of the molecule is Cc1ccc(C(C)C)c(Oc2ccc(C(F)(F)F)cc2NC=O)c1. The third kappa shape index (κ3) is 4.07. The molecule has 1 amide bonds. The van der Waals surface area contributed by atoms with E-state index >= 15 is 0 Å². The number of ether oxygens (including phenoxy) is 1. The van der Waals surface area contributed by atoms with Crippen LogP contribution in [0.2, 0.25) is 0 Å². The van der Waals surface area contributed by atoms with E-state index in [0.29, 0.717) is 12.2 Å². The lowest BCUT2D eigenvalue weighted by Crippen LogP contribution is -2.07. The number of amides is 1. The number of anilines is 1. The number of benzene rings is 2. The first-order chi connectivity index (χ1) is 11.2. The number of alkyl halides is 3. The van der Waals surface area contributed by atoms with Crippen molar-refractivity contribution in [2.24, 2.45) is 0 Å². The molecule has 6 heteroatoms. The van der Waals surface area contributed by atoms with Crippen LogP contribution in [0, 0.1) is 6.92 Å². The number of carbonyl (C=O) groups excluding carboxylic acids is 1. The Bertz CT molecular complexity index is 740. The molecule has 0 aromatic heterocycles. The average Bonchev–Trinajstić information content (AvgIpc) is 2.48. The van der Waals surface area contributed by atoms with Gasteiger partial charge in [0.05, 0.1) is 11.3 Å². The summed E-state index contributed by atoms with van der Waals surface area (Å²) >= 11 is 0. The van der Waals surface area contributed by atoms with Crippen LogP contribution >= 0.6 is 0 Å². The number of carbonyl (C=O) groups is 1. The fourth-order valence-corrected chi connectivity index (χ4v) is 2.30. The van der Waals surface area contributed by atoms with Crippen LogP contribution in [0.15, 0.2) is 36.4 Å². The summed E-state index contributed by atoms with van der Waals surface area (Å²) in [4.78, 5) is 10.7. The van der Waals surface area contributed by atoms with E-state index in [4.69, 9.17) is 4.74 Å². The molecule has 2 aromatic carbocycles. The molecule has 0 aliphatic heterocycles. The predicted octanol–water partition coefficient (Wildman–Crippen LogP) is 5.50. The largest absolute Gasteiger partial charge is 0.455 e. The molecule has 0 saturated carbocycles. The van der Waals surface area contributed by atoms with Crippen molar-refractivity contribution in [3.8, 4) is 11.5 Å². The zero-order valence-corrected chi connectivity index (χ0v) is 13.6. The van der Waals surface area contributed by atoms with E-state index in [1.54, 1.807) is 0 Å². The van der Waals surface area contributed by atoms with E-state index in [-0.39, 0.29) is 17.4 Å². The van der Waals surface area contributed by atoms with Crippen LogP contribution in [-0.2, 0) is 11.0 Å². The highest BCUT2D eigenvalue weighted by Gasteiger charge is 2.31. The van der Waals surface area contributed by atoms with Crippen molar-refractivity contribution in [2.75, 3.05) is 5.32 Å². The molecule has 0 saturated heterocycles. The summed E-state index contributed by atoms with van der Waals surface area (Å²) in [5.74, 6) is 0.888. The second-order valence-electron chi connectivity index (χ2n) is 5.77. The third-order valence-corrected chi connectivity index (χ3v) is 3.53. The Morgan fingerprint density at radius 3 is 2.38 bits per heavy atom.